The van der Waals surface area contributed by atoms with Crippen LogP contribution in [0.5, 0.6) is 11.5 Å². The first-order valence-electron chi connectivity index (χ1n) is 13.2. The zero-order valence-electron chi connectivity index (χ0n) is 22.4. The van der Waals surface area contributed by atoms with E-state index in [4.69, 9.17) is 19.4 Å². The van der Waals surface area contributed by atoms with Crippen LogP contribution in [-0.2, 0) is 13.2 Å². The topological polar surface area (TPSA) is 44.2 Å². The van der Waals surface area contributed by atoms with E-state index in [0.717, 1.165) is 66.9 Å². The predicted octanol–water partition coefficient (Wildman–Crippen LogP) is 8.53. The van der Waals surface area contributed by atoms with Gasteiger partial charge in [-0.25, -0.2) is 0 Å². The maximum Gasteiger partial charge on any atom is 0.119 e. The molecule has 0 spiro atoms. The van der Waals surface area contributed by atoms with E-state index in [1.54, 1.807) is 0 Å². The molecule has 0 saturated carbocycles. The maximum atomic E-state index is 6.33. The van der Waals surface area contributed by atoms with Gasteiger partial charge in [-0.15, -0.1) is 0 Å². The van der Waals surface area contributed by atoms with Crippen molar-refractivity contribution in [2.24, 2.45) is 0 Å². The van der Waals surface area contributed by atoms with Crippen molar-refractivity contribution in [1.29, 1.82) is 0 Å². The molecule has 0 fully saturated rings. The first kappa shape index (κ1) is 24.6. The van der Waals surface area contributed by atoms with Crippen LogP contribution in [0.4, 0.5) is 0 Å². The largest absolute Gasteiger partial charge is 0.489 e. The number of fused-ring (bicyclic) bond motifs is 2. The first-order valence-corrected chi connectivity index (χ1v) is 13.2. The average molecular weight is 511 g/mol. The van der Waals surface area contributed by atoms with Gasteiger partial charge in [0.25, 0.3) is 0 Å². The zero-order valence-corrected chi connectivity index (χ0v) is 22.4. The molecule has 4 aromatic carbocycles. The summed E-state index contributed by atoms with van der Waals surface area (Å²) in [4.78, 5) is 10.4. The van der Waals surface area contributed by atoms with Crippen LogP contribution in [0.1, 0.15) is 28.1 Å². The lowest BCUT2D eigenvalue weighted by molar-refractivity contribution is 0.305. The highest BCUT2D eigenvalue weighted by Gasteiger charge is 2.22. The lowest BCUT2D eigenvalue weighted by Crippen LogP contribution is -2.08. The molecule has 192 valence electrons. The van der Waals surface area contributed by atoms with Crippen molar-refractivity contribution in [3.05, 3.63) is 131 Å². The number of pyridine rings is 2. The number of ether oxygens (including phenoxy) is 2. The molecule has 4 heteroatoms. The molecule has 4 nitrogen and oxygen atoms in total. The number of hydrogen-bond donors (Lipinski definition) is 0. The minimum absolute atomic E-state index is 0.374. The first-order chi connectivity index (χ1) is 19.1. The van der Waals surface area contributed by atoms with Crippen molar-refractivity contribution in [2.45, 2.75) is 34.0 Å². The summed E-state index contributed by atoms with van der Waals surface area (Å²) in [5.74, 6) is 1.64. The minimum atomic E-state index is 0.374. The van der Waals surface area contributed by atoms with E-state index >= 15 is 0 Å². The maximum absolute atomic E-state index is 6.33. The van der Waals surface area contributed by atoms with Crippen LogP contribution in [0.25, 0.3) is 32.9 Å². The van der Waals surface area contributed by atoms with E-state index in [1.165, 1.54) is 5.56 Å². The highest BCUT2D eigenvalue weighted by atomic mass is 16.5. The van der Waals surface area contributed by atoms with Crippen LogP contribution in [-0.4, -0.2) is 9.97 Å². The SMILES string of the molecule is Cc1ccc2c(C)nc(-c3nc(C)c4ccccc4c3COc3ccccc3)c(COc3ccccc3)c2c1. The van der Waals surface area contributed by atoms with Crippen molar-refractivity contribution in [1.82, 2.24) is 9.97 Å². The molecule has 39 heavy (non-hydrogen) atoms. The van der Waals surface area contributed by atoms with Crippen LogP contribution in [0, 0.1) is 20.8 Å². The summed E-state index contributed by atoms with van der Waals surface area (Å²) in [6.45, 7) is 7.00. The Hall–Kier alpha value is -4.70. The van der Waals surface area contributed by atoms with Crippen LogP contribution in [0.2, 0.25) is 0 Å². The second-order valence-electron chi connectivity index (χ2n) is 9.85. The molecule has 0 atom stereocenters. The summed E-state index contributed by atoms with van der Waals surface area (Å²) in [7, 11) is 0. The van der Waals surface area contributed by atoms with Crippen LogP contribution in [0.15, 0.2) is 103 Å². The fourth-order valence-corrected chi connectivity index (χ4v) is 5.16. The summed E-state index contributed by atoms with van der Waals surface area (Å²) in [5, 5.41) is 4.49. The lowest BCUT2D eigenvalue weighted by atomic mass is 9.95. The van der Waals surface area contributed by atoms with E-state index in [0.29, 0.717) is 13.2 Å². The highest BCUT2D eigenvalue weighted by Crippen LogP contribution is 2.36. The Kier molecular flexibility index (Phi) is 6.68. The number of aromatic nitrogens is 2. The smallest absolute Gasteiger partial charge is 0.119 e. The molecule has 0 amide bonds. The Balaban J connectivity index is 1.58. The average Bonchev–Trinajstić information content (AvgIpc) is 2.97. The molecule has 6 rings (SSSR count). The lowest BCUT2D eigenvalue weighted by Gasteiger charge is -2.20. The summed E-state index contributed by atoms with van der Waals surface area (Å²) < 4.78 is 12.6. The van der Waals surface area contributed by atoms with E-state index in [1.807, 2.05) is 60.7 Å². The molecular formula is C35H30N2O2. The summed E-state index contributed by atoms with van der Waals surface area (Å²) in [6, 6.07) is 34.7. The zero-order chi connectivity index (χ0) is 26.8. The summed E-state index contributed by atoms with van der Waals surface area (Å²) in [5.41, 5.74) is 6.82. The van der Waals surface area contributed by atoms with Gasteiger partial charge in [0.1, 0.15) is 24.7 Å². The van der Waals surface area contributed by atoms with Crippen LogP contribution in [0.3, 0.4) is 0 Å². The van der Waals surface area contributed by atoms with Gasteiger partial charge in [0, 0.05) is 33.3 Å². The predicted molar refractivity (Wildman–Crippen MR) is 158 cm³/mol. The molecule has 0 aliphatic heterocycles. The normalized spacial score (nSPS) is 11.2. The van der Waals surface area contributed by atoms with Gasteiger partial charge in [-0.2, -0.15) is 0 Å². The van der Waals surface area contributed by atoms with Gasteiger partial charge >= 0.3 is 0 Å². The molecule has 0 saturated heterocycles. The standard InChI is InChI=1S/C35H30N2O2/c1-23-18-19-29-25(3)37-35(33(31(29)20-23)22-39-27-14-8-5-9-15-27)34-32(21-38-26-12-6-4-7-13-26)30-17-11-10-16-28(30)24(2)36-34/h4-20H,21-22H2,1-3H3. The number of aryl methyl sites for hydroxylation is 3. The third-order valence-electron chi connectivity index (χ3n) is 7.14. The van der Waals surface area contributed by atoms with Gasteiger partial charge in [-0.05, 0) is 55.8 Å². The molecule has 6 aromatic rings. The van der Waals surface area contributed by atoms with Crippen molar-refractivity contribution in [3.8, 4) is 22.9 Å². The number of nitrogens with zero attached hydrogens (tertiary/aromatic N) is 2. The van der Waals surface area contributed by atoms with Gasteiger partial charge in [0.05, 0.1) is 11.4 Å². The van der Waals surface area contributed by atoms with Crippen molar-refractivity contribution in [2.75, 3.05) is 0 Å². The fraction of sp³-hybridized carbons (Fsp3) is 0.143. The van der Waals surface area contributed by atoms with E-state index < -0.39 is 0 Å². The monoisotopic (exact) mass is 510 g/mol. The number of rotatable bonds is 7. The highest BCUT2D eigenvalue weighted by molar-refractivity contribution is 5.96. The third kappa shape index (κ3) is 4.94. The molecule has 2 aromatic heterocycles. The van der Waals surface area contributed by atoms with E-state index in [-0.39, 0.29) is 0 Å². The molecule has 0 unspecified atom stereocenters. The Labute approximate surface area is 228 Å². The van der Waals surface area contributed by atoms with Gasteiger partial charge in [0.2, 0.25) is 0 Å². The molecule has 0 aliphatic rings. The van der Waals surface area contributed by atoms with E-state index in [9.17, 15) is 0 Å². The number of hydrogen-bond acceptors (Lipinski definition) is 4. The Bertz CT molecular complexity index is 1780. The Morgan fingerprint density at radius 1 is 0.487 bits per heavy atom. The number of para-hydroxylation sites is 2. The molecule has 0 radical (unpaired) electrons. The van der Waals surface area contributed by atoms with Crippen molar-refractivity contribution >= 4 is 21.5 Å². The summed E-state index contributed by atoms with van der Waals surface area (Å²) in [6.07, 6.45) is 0. The Morgan fingerprint density at radius 2 is 0.949 bits per heavy atom. The van der Waals surface area contributed by atoms with Crippen LogP contribution >= 0.6 is 0 Å². The number of benzene rings is 4. The third-order valence-corrected chi connectivity index (χ3v) is 7.14. The van der Waals surface area contributed by atoms with Crippen LogP contribution < -0.4 is 9.47 Å². The second-order valence-corrected chi connectivity index (χ2v) is 9.85. The summed E-state index contributed by atoms with van der Waals surface area (Å²) >= 11 is 0. The van der Waals surface area contributed by atoms with Gasteiger partial charge < -0.3 is 9.47 Å². The van der Waals surface area contributed by atoms with Gasteiger partial charge in [0.15, 0.2) is 0 Å². The van der Waals surface area contributed by atoms with Gasteiger partial charge in [-0.1, -0.05) is 84.4 Å². The molecule has 2 heterocycles. The fourth-order valence-electron chi connectivity index (χ4n) is 5.16. The molecule has 0 bridgehead atoms. The quantitative estimate of drug-likeness (QED) is 0.216. The minimum Gasteiger partial charge on any atom is -0.489 e. The Morgan fingerprint density at radius 3 is 1.51 bits per heavy atom. The second kappa shape index (κ2) is 10.6. The molecule has 0 aliphatic carbocycles. The van der Waals surface area contributed by atoms with Crippen molar-refractivity contribution in [3.63, 3.8) is 0 Å². The molecular weight excluding hydrogens is 480 g/mol. The van der Waals surface area contributed by atoms with E-state index in [2.05, 4.69) is 63.2 Å². The van der Waals surface area contributed by atoms with Crippen molar-refractivity contribution < 1.29 is 9.47 Å². The molecule has 0 N–H and O–H groups in total. The van der Waals surface area contributed by atoms with Gasteiger partial charge in [-0.3, -0.25) is 9.97 Å².